The summed E-state index contributed by atoms with van der Waals surface area (Å²) < 4.78 is 26.3. The van der Waals surface area contributed by atoms with Crippen LogP contribution >= 0.6 is 0 Å². The second-order valence-electron chi connectivity index (χ2n) is 7.29. The number of hydrogen-bond acceptors (Lipinski definition) is 5. The van der Waals surface area contributed by atoms with E-state index < -0.39 is 29.6 Å². The monoisotopic (exact) mass is 432 g/mol. The van der Waals surface area contributed by atoms with Crippen LogP contribution in [0.2, 0.25) is 0 Å². The Morgan fingerprint density at radius 1 is 1.03 bits per heavy atom. The number of amides is 2. The zero-order valence-electron chi connectivity index (χ0n) is 17.3. The minimum atomic E-state index is -1.28. The van der Waals surface area contributed by atoms with E-state index >= 15 is 0 Å². The molecule has 1 aliphatic heterocycles. The second kappa shape index (κ2) is 10.3. The predicted octanol–water partition coefficient (Wildman–Crippen LogP) is 1.89. The van der Waals surface area contributed by atoms with Crippen LogP contribution in [0, 0.1) is 11.6 Å². The number of rotatable bonds is 6. The molecule has 1 saturated heterocycles. The largest absolute Gasteiger partial charge is 0.387 e. The Morgan fingerprint density at radius 3 is 2.42 bits per heavy atom. The molecule has 31 heavy (non-hydrogen) atoms. The Labute approximate surface area is 179 Å². The van der Waals surface area contributed by atoms with E-state index in [0.717, 1.165) is 50.5 Å². The van der Waals surface area contributed by atoms with Crippen molar-refractivity contribution >= 4 is 23.2 Å². The Morgan fingerprint density at radius 2 is 1.74 bits per heavy atom. The van der Waals surface area contributed by atoms with Crippen molar-refractivity contribution in [3.8, 4) is 0 Å². The van der Waals surface area contributed by atoms with Crippen LogP contribution in [0.15, 0.2) is 42.5 Å². The first-order chi connectivity index (χ1) is 14.9. The fourth-order valence-electron chi connectivity index (χ4n) is 3.45. The van der Waals surface area contributed by atoms with Crippen LogP contribution in [0.3, 0.4) is 0 Å². The number of hydrogen-bond donors (Lipinski definition) is 3. The number of nitrogens with one attached hydrogen (secondary N) is 2. The molecule has 0 radical (unpaired) electrons. The minimum absolute atomic E-state index is 0.0937. The number of nitrogens with zero attached hydrogens (tertiary/aromatic N) is 2. The highest BCUT2D eigenvalue weighted by Crippen LogP contribution is 2.26. The molecular weight excluding hydrogens is 406 g/mol. The number of aliphatic hydroxyl groups is 1. The molecule has 2 aromatic carbocycles. The molecule has 1 heterocycles. The number of carbonyl (C=O) groups excluding carboxylic acids is 2. The van der Waals surface area contributed by atoms with Crippen molar-refractivity contribution in [3.05, 3.63) is 59.7 Å². The van der Waals surface area contributed by atoms with E-state index in [0.29, 0.717) is 5.69 Å². The van der Waals surface area contributed by atoms with Gasteiger partial charge in [-0.3, -0.25) is 9.59 Å². The molecule has 1 fully saturated rings. The van der Waals surface area contributed by atoms with E-state index in [9.17, 15) is 23.5 Å². The van der Waals surface area contributed by atoms with Crippen LogP contribution < -0.4 is 15.5 Å². The fraction of sp³-hybridized carbons (Fsp3) is 0.364. The second-order valence-corrected chi connectivity index (χ2v) is 7.29. The highest BCUT2D eigenvalue weighted by atomic mass is 19.2. The normalized spacial score (nSPS) is 15.4. The zero-order valence-corrected chi connectivity index (χ0v) is 17.3. The maximum absolute atomic E-state index is 13.3. The molecular formula is C22H26F2N4O3. The third kappa shape index (κ3) is 5.77. The number of aliphatic hydroxyl groups excluding tert-OH is 1. The van der Waals surface area contributed by atoms with Crippen molar-refractivity contribution in [1.82, 2.24) is 10.2 Å². The van der Waals surface area contributed by atoms with Crippen molar-refractivity contribution in [3.63, 3.8) is 0 Å². The average Bonchev–Trinajstić information content (AvgIpc) is 2.79. The van der Waals surface area contributed by atoms with Gasteiger partial charge in [0.1, 0.15) is 0 Å². The summed E-state index contributed by atoms with van der Waals surface area (Å²) in [5.74, 6) is -3.95. The highest BCUT2D eigenvalue weighted by Gasteiger charge is 2.21. The maximum Gasteiger partial charge on any atom is 0.313 e. The molecule has 1 aliphatic rings. The van der Waals surface area contributed by atoms with E-state index in [1.54, 1.807) is 12.1 Å². The predicted molar refractivity (Wildman–Crippen MR) is 114 cm³/mol. The van der Waals surface area contributed by atoms with E-state index in [1.807, 2.05) is 12.1 Å². The van der Waals surface area contributed by atoms with E-state index in [2.05, 4.69) is 27.4 Å². The summed E-state index contributed by atoms with van der Waals surface area (Å²) in [7, 11) is 0. The van der Waals surface area contributed by atoms with E-state index in [4.69, 9.17) is 0 Å². The van der Waals surface area contributed by atoms with Gasteiger partial charge in [-0.15, -0.1) is 0 Å². The molecule has 0 aliphatic carbocycles. The summed E-state index contributed by atoms with van der Waals surface area (Å²) in [6, 6.07) is 10.2. The van der Waals surface area contributed by atoms with E-state index in [1.165, 1.54) is 6.07 Å². The lowest BCUT2D eigenvalue weighted by atomic mass is 10.1. The van der Waals surface area contributed by atoms with Crippen LogP contribution in [0.1, 0.15) is 18.6 Å². The lowest BCUT2D eigenvalue weighted by Crippen LogP contribution is -2.46. The van der Waals surface area contributed by atoms with Gasteiger partial charge >= 0.3 is 11.8 Å². The smallest absolute Gasteiger partial charge is 0.313 e. The summed E-state index contributed by atoms with van der Waals surface area (Å²) in [6.07, 6.45) is -1.28. The number of piperazine rings is 1. The Balaban J connectivity index is 1.57. The van der Waals surface area contributed by atoms with Crippen molar-refractivity contribution in [2.75, 3.05) is 49.5 Å². The number of halogens is 2. The van der Waals surface area contributed by atoms with Crippen LogP contribution in [0.5, 0.6) is 0 Å². The highest BCUT2D eigenvalue weighted by molar-refractivity contribution is 6.39. The van der Waals surface area contributed by atoms with Gasteiger partial charge in [-0.2, -0.15) is 0 Å². The Bertz CT molecular complexity index is 933. The molecule has 7 nitrogen and oxygen atoms in total. The van der Waals surface area contributed by atoms with Crippen LogP contribution in [-0.2, 0) is 9.59 Å². The number of anilines is 2. The third-order valence-corrected chi connectivity index (χ3v) is 5.30. The maximum atomic E-state index is 13.3. The summed E-state index contributed by atoms with van der Waals surface area (Å²) in [4.78, 5) is 29.0. The fourth-order valence-corrected chi connectivity index (χ4v) is 3.45. The first kappa shape index (κ1) is 22.6. The lowest BCUT2D eigenvalue weighted by molar-refractivity contribution is -0.136. The molecule has 0 aromatic heterocycles. The lowest BCUT2D eigenvalue weighted by Gasteiger charge is -2.36. The van der Waals surface area contributed by atoms with Crippen molar-refractivity contribution in [2.24, 2.45) is 0 Å². The van der Waals surface area contributed by atoms with Gasteiger partial charge in [0.2, 0.25) is 0 Å². The summed E-state index contributed by atoms with van der Waals surface area (Å²) >= 11 is 0. The zero-order chi connectivity index (χ0) is 22.4. The van der Waals surface area contributed by atoms with Gasteiger partial charge in [0.15, 0.2) is 11.6 Å². The molecule has 3 N–H and O–H groups in total. The quantitative estimate of drug-likeness (QED) is 0.608. The van der Waals surface area contributed by atoms with Gasteiger partial charge in [0.25, 0.3) is 0 Å². The standard InChI is InChI=1S/C22H26F2N4O3/c1-2-27-9-11-28(12-10-27)19-6-4-3-5-18(19)26-22(31)21(30)25-14-20(29)15-7-8-16(23)17(24)13-15/h3-8,13,20,29H,2,9-12,14H2,1H3,(H,25,30)(H,26,31)/t20-/m0/s1. The molecule has 0 spiro atoms. The molecule has 0 unspecified atom stereocenters. The number of carbonyl (C=O) groups is 2. The van der Waals surface area contributed by atoms with E-state index in [-0.39, 0.29) is 12.1 Å². The van der Waals surface area contributed by atoms with Crippen LogP contribution in [0.4, 0.5) is 20.2 Å². The summed E-state index contributed by atoms with van der Waals surface area (Å²) in [6.45, 7) is 6.25. The average molecular weight is 432 g/mol. The van der Waals surface area contributed by atoms with Gasteiger partial charge in [-0.05, 0) is 36.4 Å². The SMILES string of the molecule is CCN1CCN(c2ccccc2NC(=O)C(=O)NC[C@H](O)c2ccc(F)c(F)c2)CC1. The van der Waals surface area contributed by atoms with Gasteiger partial charge in [-0.25, -0.2) is 8.78 Å². The molecule has 2 aromatic rings. The van der Waals surface area contributed by atoms with Crippen molar-refractivity contribution in [1.29, 1.82) is 0 Å². The summed E-state index contributed by atoms with van der Waals surface area (Å²) in [5, 5.41) is 15.0. The van der Waals surface area contributed by atoms with Crippen LogP contribution in [0.25, 0.3) is 0 Å². The topological polar surface area (TPSA) is 84.9 Å². The number of para-hydroxylation sites is 2. The molecule has 0 bridgehead atoms. The molecule has 1 atom stereocenters. The Hall–Kier alpha value is -3.04. The first-order valence-corrected chi connectivity index (χ1v) is 10.2. The molecule has 0 saturated carbocycles. The molecule has 2 amide bonds. The first-order valence-electron chi connectivity index (χ1n) is 10.2. The number of likely N-dealkylation sites (N-methyl/N-ethyl adjacent to an activating group) is 1. The van der Waals surface area contributed by atoms with Gasteiger partial charge in [0, 0.05) is 32.7 Å². The third-order valence-electron chi connectivity index (χ3n) is 5.30. The Kier molecular flexibility index (Phi) is 7.54. The number of benzene rings is 2. The minimum Gasteiger partial charge on any atom is -0.387 e. The molecule has 9 heteroatoms. The van der Waals surface area contributed by atoms with Crippen molar-refractivity contribution < 1.29 is 23.5 Å². The van der Waals surface area contributed by atoms with Crippen LogP contribution in [-0.4, -0.2) is 61.1 Å². The van der Waals surface area contributed by atoms with Gasteiger partial charge < -0.3 is 25.5 Å². The van der Waals surface area contributed by atoms with Crippen molar-refractivity contribution in [2.45, 2.75) is 13.0 Å². The molecule has 3 rings (SSSR count). The van der Waals surface area contributed by atoms with Gasteiger partial charge in [0.05, 0.1) is 17.5 Å². The summed E-state index contributed by atoms with van der Waals surface area (Å²) in [5.41, 5.74) is 1.45. The van der Waals surface area contributed by atoms with Gasteiger partial charge in [-0.1, -0.05) is 25.1 Å². The molecule has 166 valence electrons.